The van der Waals surface area contributed by atoms with Crippen molar-refractivity contribution >= 4 is 46.4 Å². The predicted octanol–water partition coefficient (Wildman–Crippen LogP) is 4.06. The number of anilines is 1. The first-order valence-electron chi connectivity index (χ1n) is 7.55. The maximum atomic E-state index is 12.0. The minimum absolute atomic E-state index is 0.0323. The fourth-order valence-corrected chi connectivity index (χ4v) is 2.49. The molecular formula is C18H17Cl2N3O2. The summed E-state index contributed by atoms with van der Waals surface area (Å²) in [5.41, 5.74) is 4.28. The Hall–Kier alpha value is -2.37. The lowest BCUT2D eigenvalue weighted by atomic mass is 10.1. The average molecular weight is 378 g/mol. The van der Waals surface area contributed by atoms with Crippen LogP contribution in [-0.2, 0) is 16.0 Å². The van der Waals surface area contributed by atoms with E-state index in [-0.39, 0.29) is 24.7 Å². The van der Waals surface area contributed by atoms with Crippen LogP contribution in [0.1, 0.15) is 18.9 Å². The zero-order valence-electron chi connectivity index (χ0n) is 13.6. The quantitative estimate of drug-likeness (QED) is 0.588. The van der Waals surface area contributed by atoms with Gasteiger partial charge in [-0.3, -0.25) is 9.59 Å². The van der Waals surface area contributed by atoms with Crippen molar-refractivity contribution in [3.05, 3.63) is 64.1 Å². The number of hydrazone groups is 1. The van der Waals surface area contributed by atoms with Crippen molar-refractivity contribution in [1.29, 1.82) is 0 Å². The number of carbonyl (C=O) groups is 2. The molecule has 0 heterocycles. The Morgan fingerprint density at radius 2 is 1.76 bits per heavy atom. The van der Waals surface area contributed by atoms with E-state index in [2.05, 4.69) is 15.8 Å². The summed E-state index contributed by atoms with van der Waals surface area (Å²) in [7, 11) is 0. The minimum Gasteiger partial charge on any atom is -0.324 e. The molecule has 0 fully saturated rings. The first-order valence-corrected chi connectivity index (χ1v) is 8.30. The van der Waals surface area contributed by atoms with Gasteiger partial charge >= 0.3 is 0 Å². The molecule has 0 radical (unpaired) electrons. The molecule has 2 amide bonds. The summed E-state index contributed by atoms with van der Waals surface area (Å²) < 4.78 is 0. The molecular weight excluding hydrogens is 361 g/mol. The monoisotopic (exact) mass is 377 g/mol. The molecule has 0 spiro atoms. The Labute approximate surface area is 156 Å². The van der Waals surface area contributed by atoms with E-state index >= 15 is 0 Å². The molecule has 0 unspecified atom stereocenters. The lowest BCUT2D eigenvalue weighted by molar-refractivity contribution is -0.120. The summed E-state index contributed by atoms with van der Waals surface area (Å²) in [4.78, 5) is 23.8. The van der Waals surface area contributed by atoms with Crippen molar-refractivity contribution < 1.29 is 9.59 Å². The van der Waals surface area contributed by atoms with Gasteiger partial charge in [0, 0.05) is 10.7 Å². The molecule has 0 atom stereocenters. The maximum Gasteiger partial charge on any atom is 0.244 e. The molecule has 0 bridgehead atoms. The molecule has 2 aromatic carbocycles. The van der Waals surface area contributed by atoms with Crippen LogP contribution >= 0.6 is 23.2 Å². The standard InChI is InChI=1S/C18H17Cl2N3O2/c1-12(22-23-18(25)10-13-5-3-2-4-6-13)9-17(24)21-16-8-7-14(19)11-15(16)20/h2-8,11H,9-10H2,1H3,(H,21,24)(H,23,25)/b22-12+. The third-order valence-corrected chi connectivity index (χ3v) is 3.75. The van der Waals surface area contributed by atoms with Crippen LogP contribution in [0.4, 0.5) is 5.69 Å². The molecule has 130 valence electrons. The number of halogens is 2. The number of benzene rings is 2. The van der Waals surface area contributed by atoms with Crippen molar-refractivity contribution in [3.63, 3.8) is 0 Å². The van der Waals surface area contributed by atoms with Crippen molar-refractivity contribution in [2.24, 2.45) is 5.10 Å². The zero-order valence-corrected chi connectivity index (χ0v) is 15.1. The van der Waals surface area contributed by atoms with Gasteiger partial charge in [0.1, 0.15) is 0 Å². The lowest BCUT2D eigenvalue weighted by Gasteiger charge is -2.07. The summed E-state index contributed by atoms with van der Waals surface area (Å²) in [6, 6.07) is 14.1. The Bertz CT molecular complexity index is 792. The van der Waals surface area contributed by atoms with Gasteiger partial charge in [0.2, 0.25) is 11.8 Å². The van der Waals surface area contributed by atoms with Gasteiger partial charge in [0.25, 0.3) is 0 Å². The Morgan fingerprint density at radius 3 is 2.44 bits per heavy atom. The smallest absolute Gasteiger partial charge is 0.244 e. The van der Waals surface area contributed by atoms with Gasteiger partial charge in [0.05, 0.1) is 23.6 Å². The summed E-state index contributed by atoms with van der Waals surface area (Å²) in [6.45, 7) is 1.66. The second kappa shape index (κ2) is 9.20. The number of nitrogens with zero attached hydrogens (tertiary/aromatic N) is 1. The summed E-state index contributed by atoms with van der Waals surface area (Å²) in [5.74, 6) is -0.533. The number of hydrogen-bond donors (Lipinski definition) is 2. The van der Waals surface area contributed by atoms with Crippen molar-refractivity contribution in [2.75, 3.05) is 5.32 Å². The molecule has 0 saturated carbocycles. The predicted molar refractivity (Wildman–Crippen MR) is 101 cm³/mol. The van der Waals surface area contributed by atoms with E-state index in [0.29, 0.717) is 21.4 Å². The fourth-order valence-electron chi connectivity index (χ4n) is 2.04. The van der Waals surface area contributed by atoms with Crippen LogP contribution in [0.2, 0.25) is 10.0 Å². The fraction of sp³-hybridized carbons (Fsp3) is 0.167. The van der Waals surface area contributed by atoms with Gasteiger partial charge < -0.3 is 5.32 Å². The molecule has 2 aromatic rings. The van der Waals surface area contributed by atoms with E-state index in [9.17, 15) is 9.59 Å². The van der Waals surface area contributed by atoms with Crippen molar-refractivity contribution in [3.8, 4) is 0 Å². The molecule has 25 heavy (non-hydrogen) atoms. The van der Waals surface area contributed by atoms with Crippen LogP contribution in [-0.4, -0.2) is 17.5 Å². The van der Waals surface area contributed by atoms with Gasteiger partial charge in [-0.2, -0.15) is 5.10 Å². The topological polar surface area (TPSA) is 70.6 Å². The van der Waals surface area contributed by atoms with Crippen LogP contribution in [0.15, 0.2) is 53.6 Å². The Kier molecular flexibility index (Phi) is 6.98. The molecule has 0 aliphatic carbocycles. The van der Waals surface area contributed by atoms with E-state index in [1.165, 1.54) is 0 Å². The van der Waals surface area contributed by atoms with Crippen molar-refractivity contribution in [2.45, 2.75) is 19.8 Å². The van der Waals surface area contributed by atoms with Gasteiger partial charge in [0.15, 0.2) is 0 Å². The highest BCUT2D eigenvalue weighted by Crippen LogP contribution is 2.25. The van der Waals surface area contributed by atoms with Crippen LogP contribution < -0.4 is 10.7 Å². The van der Waals surface area contributed by atoms with Crippen LogP contribution in [0.25, 0.3) is 0 Å². The molecule has 0 aliphatic heterocycles. The van der Waals surface area contributed by atoms with Gasteiger partial charge in [-0.15, -0.1) is 0 Å². The highest BCUT2D eigenvalue weighted by Gasteiger charge is 2.08. The van der Waals surface area contributed by atoms with E-state index in [1.54, 1.807) is 25.1 Å². The first-order chi connectivity index (χ1) is 11.9. The van der Waals surface area contributed by atoms with Gasteiger partial charge in [-0.25, -0.2) is 5.43 Å². The molecule has 0 saturated heterocycles. The largest absolute Gasteiger partial charge is 0.324 e. The van der Waals surface area contributed by atoms with E-state index in [1.807, 2.05) is 30.3 Å². The van der Waals surface area contributed by atoms with E-state index < -0.39 is 0 Å². The van der Waals surface area contributed by atoms with Gasteiger partial charge in [-0.1, -0.05) is 53.5 Å². The normalized spacial score (nSPS) is 11.1. The van der Waals surface area contributed by atoms with Crippen LogP contribution in [0, 0.1) is 0 Å². The number of rotatable bonds is 6. The van der Waals surface area contributed by atoms with Crippen LogP contribution in [0.3, 0.4) is 0 Å². The first kappa shape index (κ1) is 19.0. The highest BCUT2D eigenvalue weighted by atomic mass is 35.5. The lowest BCUT2D eigenvalue weighted by Crippen LogP contribution is -2.22. The van der Waals surface area contributed by atoms with Crippen molar-refractivity contribution in [1.82, 2.24) is 5.43 Å². The highest BCUT2D eigenvalue weighted by molar-refractivity contribution is 6.36. The SMILES string of the molecule is C/C(CC(=O)Nc1ccc(Cl)cc1Cl)=N\NC(=O)Cc1ccccc1. The number of amides is 2. The third kappa shape index (κ3) is 6.57. The second-order valence-electron chi connectivity index (χ2n) is 5.39. The van der Waals surface area contributed by atoms with Gasteiger partial charge in [-0.05, 0) is 30.7 Å². The molecule has 0 aromatic heterocycles. The second-order valence-corrected chi connectivity index (χ2v) is 6.24. The summed E-state index contributed by atoms with van der Waals surface area (Å²) >= 11 is 11.8. The van der Waals surface area contributed by atoms with E-state index in [4.69, 9.17) is 23.2 Å². The molecule has 2 N–H and O–H groups in total. The molecule has 7 heteroatoms. The minimum atomic E-state index is -0.289. The Balaban J connectivity index is 1.83. The summed E-state index contributed by atoms with van der Waals surface area (Å²) in [5, 5.41) is 7.45. The Morgan fingerprint density at radius 1 is 1.04 bits per heavy atom. The average Bonchev–Trinajstić information content (AvgIpc) is 2.56. The third-order valence-electron chi connectivity index (χ3n) is 3.20. The number of nitrogens with one attached hydrogen (secondary N) is 2. The molecule has 2 rings (SSSR count). The number of hydrogen-bond acceptors (Lipinski definition) is 3. The molecule has 5 nitrogen and oxygen atoms in total. The summed E-state index contributed by atoms with van der Waals surface area (Å²) in [6.07, 6.45) is 0.259. The van der Waals surface area contributed by atoms with Crippen LogP contribution in [0.5, 0.6) is 0 Å². The maximum absolute atomic E-state index is 12.0. The van der Waals surface area contributed by atoms with E-state index in [0.717, 1.165) is 5.56 Å². The number of carbonyl (C=O) groups excluding carboxylic acids is 2. The zero-order chi connectivity index (χ0) is 18.2. The molecule has 0 aliphatic rings.